The van der Waals surface area contributed by atoms with Gasteiger partial charge in [0, 0.05) is 11.7 Å². The SMILES string of the molecule is COc1ccccc1NC(=O)Cc1noc(CSc2nc(C)c(C)n2C2CCCCC2)n1. The Labute approximate surface area is 192 Å². The number of rotatable bonds is 8. The van der Waals surface area contributed by atoms with E-state index in [1.165, 1.54) is 37.8 Å². The van der Waals surface area contributed by atoms with Crippen molar-refractivity contribution in [2.45, 2.75) is 69.3 Å². The second-order valence-corrected chi connectivity index (χ2v) is 8.99. The highest BCUT2D eigenvalue weighted by atomic mass is 32.2. The van der Waals surface area contributed by atoms with E-state index in [1.54, 1.807) is 31.0 Å². The number of imidazole rings is 1. The predicted molar refractivity (Wildman–Crippen MR) is 123 cm³/mol. The number of hydrogen-bond acceptors (Lipinski definition) is 7. The first-order valence-electron chi connectivity index (χ1n) is 11.0. The molecule has 4 rings (SSSR count). The molecule has 8 nitrogen and oxygen atoms in total. The van der Waals surface area contributed by atoms with Gasteiger partial charge in [0.1, 0.15) is 5.75 Å². The number of nitrogens with zero attached hydrogens (tertiary/aromatic N) is 4. The van der Waals surface area contributed by atoms with Crippen LogP contribution >= 0.6 is 11.8 Å². The van der Waals surface area contributed by atoms with Gasteiger partial charge in [-0.15, -0.1) is 0 Å². The Hall–Kier alpha value is -2.81. The second kappa shape index (κ2) is 10.2. The smallest absolute Gasteiger partial charge is 0.237 e. The third-order valence-electron chi connectivity index (χ3n) is 5.83. The van der Waals surface area contributed by atoms with Crippen LogP contribution in [0.4, 0.5) is 5.69 Å². The number of amides is 1. The minimum atomic E-state index is -0.228. The van der Waals surface area contributed by atoms with Crippen LogP contribution in [0, 0.1) is 13.8 Å². The van der Waals surface area contributed by atoms with E-state index in [0.29, 0.717) is 34.9 Å². The zero-order chi connectivity index (χ0) is 22.5. The molecule has 0 aliphatic heterocycles. The van der Waals surface area contributed by atoms with Crippen molar-refractivity contribution in [1.29, 1.82) is 0 Å². The van der Waals surface area contributed by atoms with E-state index < -0.39 is 0 Å². The summed E-state index contributed by atoms with van der Waals surface area (Å²) in [7, 11) is 1.57. The largest absolute Gasteiger partial charge is 0.495 e. The highest BCUT2D eigenvalue weighted by molar-refractivity contribution is 7.98. The molecule has 1 amide bonds. The van der Waals surface area contributed by atoms with Crippen molar-refractivity contribution in [2.75, 3.05) is 12.4 Å². The molecule has 0 atom stereocenters. The van der Waals surface area contributed by atoms with Gasteiger partial charge < -0.3 is 19.1 Å². The number of carbonyl (C=O) groups excluding carboxylic acids is 1. The van der Waals surface area contributed by atoms with Gasteiger partial charge in [-0.05, 0) is 38.8 Å². The van der Waals surface area contributed by atoms with Crippen molar-refractivity contribution in [3.8, 4) is 5.75 Å². The van der Waals surface area contributed by atoms with Crippen LogP contribution < -0.4 is 10.1 Å². The van der Waals surface area contributed by atoms with Crippen molar-refractivity contribution in [3.05, 3.63) is 47.4 Å². The minimum absolute atomic E-state index is 0.0289. The first-order chi connectivity index (χ1) is 15.5. The predicted octanol–water partition coefficient (Wildman–Crippen LogP) is 4.87. The average Bonchev–Trinajstić information content (AvgIpc) is 3.36. The van der Waals surface area contributed by atoms with Crippen LogP contribution in [0.25, 0.3) is 0 Å². The first-order valence-corrected chi connectivity index (χ1v) is 12.0. The number of anilines is 1. The molecule has 2 heterocycles. The molecule has 32 heavy (non-hydrogen) atoms. The molecular weight excluding hydrogens is 426 g/mol. The van der Waals surface area contributed by atoms with Gasteiger partial charge in [-0.25, -0.2) is 4.98 Å². The number of aromatic nitrogens is 4. The molecule has 170 valence electrons. The topological polar surface area (TPSA) is 95.1 Å². The van der Waals surface area contributed by atoms with Crippen LogP contribution in [-0.4, -0.2) is 32.7 Å². The van der Waals surface area contributed by atoms with Crippen LogP contribution in [-0.2, 0) is 17.0 Å². The zero-order valence-corrected chi connectivity index (χ0v) is 19.6. The van der Waals surface area contributed by atoms with Gasteiger partial charge in [-0.3, -0.25) is 4.79 Å². The van der Waals surface area contributed by atoms with E-state index in [2.05, 4.69) is 33.9 Å². The number of ether oxygens (including phenoxy) is 1. The number of benzene rings is 1. The number of para-hydroxylation sites is 2. The number of methoxy groups -OCH3 is 1. The van der Waals surface area contributed by atoms with E-state index in [9.17, 15) is 4.79 Å². The lowest BCUT2D eigenvalue weighted by Gasteiger charge is -2.25. The fourth-order valence-corrected chi connectivity index (χ4v) is 5.10. The molecule has 0 bridgehead atoms. The van der Waals surface area contributed by atoms with Crippen molar-refractivity contribution in [3.63, 3.8) is 0 Å². The maximum Gasteiger partial charge on any atom is 0.237 e. The standard InChI is InChI=1S/C23H29N5O3S/c1-15-16(2)28(17-9-5-4-6-10-17)23(24-15)32-14-22-26-20(27-31-22)13-21(29)25-18-11-7-8-12-19(18)30-3/h7-8,11-12,17H,4-6,9-10,13-14H2,1-3H3,(H,25,29). The number of aryl methyl sites for hydroxylation is 1. The summed E-state index contributed by atoms with van der Waals surface area (Å²) in [6.07, 6.45) is 6.30. The van der Waals surface area contributed by atoms with Crippen molar-refractivity contribution >= 4 is 23.4 Å². The number of carbonyl (C=O) groups is 1. The van der Waals surface area contributed by atoms with Crippen LogP contribution in [0.3, 0.4) is 0 Å². The Morgan fingerprint density at radius 2 is 2.00 bits per heavy atom. The molecule has 1 aliphatic rings. The molecule has 1 aromatic carbocycles. The van der Waals surface area contributed by atoms with Crippen LogP contribution in [0.15, 0.2) is 33.9 Å². The maximum absolute atomic E-state index is 12.4. The number of thioether (sulfide) groups is 1. The molecule has 1 saturated carbocycles. The van der Waals surface area contributed by atoms with Gasteiger partial charge in [0.2, 0.25) is 11.8 Å². The maximum atomic E-state index is 12.4. The lowest BCUT2D eigenvalue weighted by molar-refractivity contribution is -0.115. The fraction of sp³-hybridized carbons (Fsp3) is 0.478. The Morgan fingerprint density at radius 3 is 2.78 bits per heavy atom. The highest BCUT2D eigenvalue weighted by Gasteiger charge is 2.22. The van der Waals surface area contributed by atoms with Gasteiger partial charge in [-0.1, -0.05) is 48.3 Å². The van der Waals surface area contributed by atoms with E-state index in [4.69, 9.17) is 14.2 Å². The fourth-order valence-electron chi connectivity index (χ4n) is 4.10. The molecule has 0 unspecified atom stereocenters. The van der Waals surface area contributed by atoms with E-state index >= 15 is 0 Å². The van der Waals surface area contributed by atoms with Gasteiger partial charge in [0.05, 0.1) is 30.7 Å². The molecular formula is C23H29N5O3S. The quantitative estimate of drug-likeness (QED) is 0.484. The van der Waals surface area contributed by atoms with Crippen molar-refractivity contribution in [1.82, 2.24) is 19.7 Å². The summed E-state index contributed by atoms with van der Waals surface area (Å²) < 4.78 is 13.0. The van der Waals surface area contributed by atoms with Gasteiger partial charge in [0.25, 0.3) is 0 Å². The lowest BCUT2D eigenvalue weighted by atomic mass is 9.95. The van der Waals surface area contributed by atoms with E-state index in [1.807, 2.05) is 12.1 Å². The molecule has 1 aliphatic carbocycles. The average molecular weight is 456 g/mol. The van der Waals surface area contributed by atoms with E-state index in [-0.39, 0.29) is 12.3 Å². The summed E-state index contributed by atoms with van der Waals surface area (Å²) in [5.41, 5.74) is 2.91. The monoisotopic (exact) mass is 455 g/mol. The Kier molecular flexibility index (Phi) is 7.14. The summed E-state index contributed by atoms with van der Waals surface area (Å²) >= 11 is 1.61. The zero-order valence-electron chi connectivity index (χ0n) is 18.8. The van der Waals surface area contributed by atoms with E-state index in [0.717, 1.165) is 10.9 Å². The Balaban J connectivity index is 1.37. The van der Waals surface area contributed by atoms with Crippen molar-refractivity contribution < 1.29 is 14.1 Å². The molecule has 0 spiro atoms. The van der Waals surface area contributed by atoms with Crippen molar-refractivity contribution in [2.24, 2.45) is 0 Å². The first kappa shape index (κ1) is 22.4. The second-order valence-electron chi connectivity index (χ2n) is 8.05. The minimum Gasteiger partial charge on any atom is -0.495 e. The molecule has 3 aromatic rings. The number of hydrogen-bond donors (Lipinski definition) is 1. The molecule has 2 aromatic heterocycles. The van der Waals surface area contributed by atoms with Gasteiger partial charge in [0.15, 0.2) is 11.0 Å². The molecule has 0 radical (unpaired) electrons. The third kappa shape index (κ3) is 5.15. The summed E-state index contributed by atoms with van der Waals surface area (Å²) in [5, 5.41) is 7.80. The molecule has 1 N–H and O–H groups in total. The molecule has 1 fully saturated rings. The third-order valence-corrected chi connectivity index (χ3v) is 6.77. The van der Waals surface area contributed by atoms with Gasteiger partial charge in [-0.2, -0.15) is 4.98 Å². The summed E-state index contributed by atoms with van der Waals surface area (Å²) in [6.45, 7) is 4.20. The van der Waals surface area contributed by atoms with Gasteiger partial charge >= 0.3 is 0 Å². The lowest BCUT2D eigenvalue weighted by Crippen LogP contribution is -2.15. The summed E-state index contributed by atoms with van der Waals surface area (Å²) in [4.78, 5) is 21.6. The van der Waals surface area contributed by atoms with Crippen LogP contribution in [0.5, 0.6) is 5.75 Å². The Bertz CT molecular complexity index is 1070. The highest BCUT2D eigenvalue weighted by Crippen LogP contribution is 2.35. The van der Waals surface area contributed by atoms with Crippen LogP contribution in [0.1, 0.15) is 61.2 Å². The van der Waals surface area contributed by atoms with Crippen LogP contribution in [0.2, 0.25) is 0 Å². The normalized spacial score (nSPS) is 14.5. The Morgan fingerprint density at radius 1 is 1.22 bits per heavy atom. The summed E-state index contributed by atoms with van der Waals surface area (Å²) in [6, 6.07) is 7.78. The molecule has 0 saturated heterocycles. The number of nitrogens with one attached hydrogen (secondary N) is 1. The summed E-state index contributed by atoms with van der Waals surface area (Å²) in [5.74, 6) is 1.74. The molecule has 9 heteroatoms.